The Labute approximate surface area is 177 Å². The molecule has 0 aliphatic carbocycles. The van der Waals surface area contributed by atoms with Crippen LogP contribution in [-0.2, 0) is 13.1 Å². The lowest BCUT2D eigenvalue weighted by Crippen LogP contribution is -2.42. The molecule has 30 heavy (non-hydrogen) atoms. The van der Waals surface area contributed by atoms with Gasteiger partial charge in [-0.2, -0.15) is 0 Å². The van der Waals surface area contributed by atoms with Crippen LogP contribution in [0.25, 0.3) is 0 Å². The van der Waals surface area contributed by atoms with Gasteiger partial charge in [-0.1, -0.05) is 93.3 Å². The van der Waals surface area contributed by atoms with E-state index in [1.807, 2.05) is 60.7 Å². The van der Waals surface area contributed by atoms with E-state index in [9.17, 15) is 14.7 Å². The molecular formula is C25H30N2O3. The van der Waals surface area contributed by atoms with Gasteiger partial charge in [-0.05, 0) is 17.5 Å². The zero-order chi connectivity index (χ0) is 21.3. The number of nitrogens with zero attached hydrogens (tertiary/aromatic N) is 2. The highest BCUT2D eigenvalue weighted by Crippen LogP contribution is 2.17. The second kappa shape index (κ2) is 10.7. The minimum absolute atomic E-state index is 0.184. The highest BCUT2D eigenvalue weighted by Gasteiger charge is 2.18. The van der Waals surface area contributed by atoms with Crippen LogP contribution in [0.2, 0.25) is 0 Å². The fourth-order valence-electron chi connectivity index (χ4n) is 3.62. The molecule has 0 aliphatic rings. The van der Waals surface area contributed by atoms with Gasteiger partial charge in [0, 0.05) is 6.20 Å². The Balaban J connectivity index is 1.98. The number of aromatic nitrogens is 2. The Hall–Kier alpha value is -2.92. The number of hydrogen-bond acceptors (Lipinski definition) is 3. The second-order valence-electron chi connectivity index (χ2n) is 7.72. The van der Waals surface area contributed by atoms with Crippen LogP contribution in [0, 0.1) is 0 Å². The van der Waals surface area contributed by atoms with Crippen molar-refractivity contribution in [3.63, 3.8) is 0 Å². The third-order valence-electron chi connectivity index (χ3n) is 5.33. The molecule has 3 aromatic rings. The molecule has 158 valence electrons. The van der Waals surface area contributed by atoms with Gasteiger partial charge in [0.15, 0.2) is 0 Å². The monoisotopic (exact) mass is 406 g/mol. The molecule has 2 aromatic carbocycles. The number of benzene rings is 2. The average molecular weight is 407 g/mol. The van der Waals surface area contributed by atoms with Crippen molar-refractivity contribution in [2.75, 3.05) is 0 Å². The highest BCUT2D eigenvalue weighted by atomic mass is 16.3. The van der Waals surface area contributed by atoms with Crippen molar-refractivity contribution in [1.82, 2.24) is 9.13 Å². The standard InChI is InChI=1S/C25H30N2O3/c1-2-3-4-11-16-23(28)22-19-26(17-20-12-7-5-8-13-20)25(30)27(24(22)29)18-21-14-9-6-10-15-21/h5-10,12-15,19,23,28H,2-4,11,16-18H2,1H3. The van der Waals surface area contributed by atoms with Crippen LogP contribution in [-0.4, -0.2) is 14.2 Å². The molecule has 1 unspecified atom stereocenters. The third kappa shape index (κ3) is 5.57. The first kappa shape index (κ1) is 21.8. The van der Waals surface area contributed by atoms with Crippen molar-refractivity contribution < 1.29 is 5.11 Å². The van der Waals surface area contributed by atoms with Crippen molar-refractivity contribution >= 4 is 0 Å². The van der Waals surface area contributed by atoms with Crippen molar-refractivity contribution in [2.24, 2.45) is 0 Å². The summed E-state index contributed by atoms with van der Waals surface area (Å²) >= 11 is 0. The molecule has 1 aromatic heterocycles. The van der Waals surface area contributed by atoms with Gasteiger partial charge in [0.05, 0.1) is 24.8 Å². The lowest BCUT2D eigenvalue weighted by molar-refractivity contribution is 0.160. The predicted molar refractivity (Wildman–Crippen MR) is 120 cm³/mol. The van der Waals surface area contributed by atoms with Crippen molar-refractivity contribution in [3.05, 3.63) is 104 Å². The van der Waals surface area contributed by atoms with E-state index in [-0.39, 0.29) is 17.8 Å². The van der Waals surface area contributed by atoms with Crippen molar-refractivity contribution in [2.45, 2.75) is 58.2 Å². The van der Waals surface area contributed by atoms with E-state index in [2.05, 4.69) is 6.92 Å². The van der Waals surface area contributed by atoms with Gasteiger partial charge in [0.25, 0.3) is 5.56 Å². The van der Waals surface area contributed by atoms with E-state index in [0.29, 0.717) is 13.0 Å². The van der Waals surface area contributed by atoms with Crippen LogP contribution in [0.4, 0.5) is 0 Å². The topological polar surface area (TPSA) is 64.2 Å². The molecule has 0 aliphatic heterocycles. The Morgan fingerprint density at radius 3 is 2.03 bits per heavy atom. The molecule has 0 fully saturated rings. The van der Waals surface area contributed by atoms with Crippen LogP contribution >= 0.6 is 0 Å². The zero-order valence-corrected chi connectivity index (χ0v) is 17.5. The SMILES string of the molecule is CCCCCCC(O)c1cn(Cc2ccccc2)c(=O)n(Cc2ccccc2)c1=O. The molecule has 5 heteroatoms. The highest BCUT2D eigenvalue weighted by molar-refractivity contribution is 5.19. The summed E-state index contributed by atoms with van der Waals surface area (Å²) in [5.74, 6) is 0. The number of unbranched alkanes of at least 4 members (excludes halogenated alkanes) is 3. The molecule has 1 heterocycles. The normalized spacial score (nSPS) is 12.1. The molecule has 0 amide bonds. The minimum atomic E-state index is -0.876. The van der Waals surface area contributed by atoms with Gasteiger partial charge in [0.1, 0.15) is 0 Å². The third-order valence-corrected chi connectivity index (χ3v) is 5.33. The summed E-state index contributed by atoms with van der Waals surface area (Å²) in [6.45, 7) is 2.67. The van der Waals surface area contributed by atoms with E-state index < -0.39 is 11.7 Å². The Bertz CT molecular complexity index is 1040. The maximum absolute atomic E-state index is 13.1. The van der Waals surface area contributed by atoms with Crippen molar-refractivity contribution in [1.29, 1.82) is 0 Å². The Morgan fingerprint density at radius 2 is 1.43 bits per heavy atom. The molecule has 0 spiro atoms. The number of rotatable bonds is 10. The molecule has 1 N–H and O–H groups in total. The fraction of sp³-hybridized carbons (Fsp3) is 0.360. The Morgan fingerprint density at radius 1 is 0.833 bits per heavy atom. The second-order valence-corrected chi connectivity index (χ2v) is 7.72. The van der Waals surface area contributed by atoms with Crippen LogP contribution in [0.3, 0.4) is 0 Å². The molecule has 5 nitrogen and oxygen atoms in total. The van der Waals surface area contributed by atoms with Crippen LogP contribution in [0.15, 0.2) is 76.4 Å². The van der Waals surface area contributed by atoms with Gasteiger partial charge < -0.3 is 5.11 Å². The predicted octanol–water partition coefficient (Wildman–Crippen LogP) is 4.11. The molecule has 0 saturated carbocycles. The first-order valence-corrected chi connectivity index (χ1v) is 10.7. The molecule has 0 radical (unpaired) electrons. The summed E-state index contributed by atoms with van der Waals surface area (Å²) in [5.41, 5.74) is 1.36. The molecule has 0 bridgehead atoms. The van der Waals surface area contributed by atoms with Crippen LogP contribution in [0.1, 0.15) is 61.8 Å². The van der Waals surface area contributed by atoms with Gasteiger partial charge in [0.2, 0.25) is 0 Å². The summed E-state index contributed by atoms with van der Waals surface area (Å²) in [5, 5.41) is 10.7. The van der Waals surface area contributed by atoms with E-state index in [0.717, 1.165) is 36.8 Å². The lowest BCUT2D eigenvalue weighted by Gasteiger charge is -2.16. The zero-order valence-electron chi connectivity index (χ0n) is 17.5. The maximum Gasteiger partial charge on any atom is 0.331 e. The van der Waals surface area contributed by atoms with E-state index in [4.69, 9.17) is 0 Å². The summed E-state index contributed by atoms with van der Waals surface area (Å²) in [6, 6.07) is 19.1. The molecular weight excluding hydrogens is 376 g/mol. The summed E-state index contributed by atoms with van der Waals surface area (Å²) < 4.78 is 2.77. The molecule has 1 atom stereocenters. The Kier molecular flexibility index (Phi) is 7.80. The van der Waals surface area contributed by atoms with Gasteiger partial charge >= 0.3 is 5.69 Å². The average Bonchev–Trinajstić information content (AvgIpc) is 2.77. The van der Waals surface area contributed by atoms with Crippen LogP contribution < -0.4 is 11.2 Å². The smallest absolute Gasteiger partial charge is 0.331 e. The van der Waals surface area contributed by atoms with Crippen LogP contribution in [0.5, 0.6) is 0 Å². The van der Waals surface area contributed by atoms with E-state index >= 15 is 0 Å². The number of aliphatic hydroxyl groups excluding tert-OH is 1. The van der Waals surface area contributed by atoms with Gasteiger partial charge in [-0.3, -0.25) is 13.9 Å². The minimum Gasteiger partial charge on any atom is -0.388 e. The fourth-order valence-corrected chi connectivity index (χ4v) is 3.62. The number of aliphatic hydroxyl groups is 1. The van der Waals surface area contributed by atoms with E-state index in [1.165, 1.54) is 9.13 Å². The molecule has 3 rings (SSSR count). The van der Waals surface area contributed by atoms with E-state index in [1.54, 1.807) is 6.20 Å². The quantitative estimate of drug-likeness (QED) is 0.515. The first-order chi connectivity index (χ1) is 14.6. The van der Waals surface area contributed by atoms with Crippen molar-refractivity contribution in [3.8, 4) is 0 Å². The summed E-state index contributed by atoms with van der Waals surface area (Å²) in [6.07, 6.45) is 5.29. The molecule has 0 saturated heterocycles. The van der Waals surface area contributed by atoms with Gasteiger partial charge in [-0.25, -0.2) is 4.79 Å². The summed E-state index contributed by atoms with van der Waals surface area (Å²) in [4.78, 5) is 26.2. The maximum atomic E-state index is 13.1. The largest absolute Gasteiger partial charge is 0.388 e. The number of hydrogen-bond donors (Lipinski definition) is 1. The first-order valence-electron chi connectivity index (χ1n) is 10.7. The lowest BCUT2D eigenvalue weighted by atomic mass is 10.0. The summed E-state index contributed by atoms with van der Waals surface area (Å²) in [7, 11) is 0. The van der Waals surface area contributed by atoms with Gasteiger partial charge in [-0.15, -0.1) is 0 Å².